The first-order chi connectivity index (χ1) is 9.95. The number of primary amides is 1. The summed E-state index contributed by atoms with van der Waals surface area (Å²) in [5, 5.41) is 0. The predicted octanol–water partition coefficient (Wildman–Crippen LogP) is 1.29. The van der Waals surface area contributed by atoms with E-state index in [4.69, 9.17) is 5.73 Å². The summed E-state index contributed by atoms with van der Waals surface area (Å²) in [4.78, 5) is 46.4. The van der Waals surface area contributed by atoms with Crippen LogP contribution in [0.3, 0.4) is 0 Å². The number of benzene rings is 1. The number of amides is 1. The number of ketones is 2. The Hall–Kier alpha value is -2.37. The zero-order valence-electron chi connectivity index (χ0n) is 11.2. The van der Waals surface area contributed by atoms with Gasteiger partial charge in [-0.2, -0.15) is 0 Å². The highest BCUT2D eigenvalue weighted by Crippen LogP contribution is 2.32. The highest BCUT2D eigenvalue weighted by Gasteiger charge is 2.39. The van der Waals surface area contributed by atoms with Crippen molar-refractivity contribution in [3.8, 4) is 0 Å². The molecule has 0 saturated heterocycles. The van der Waals surface area contributed by atoms with Crippen LogP contribution in [0.4, 0.5) is 4.39 Å². The first-order valence-electron chi connectivity index (χ1n) is 6.55. The van der Waals surface area contributed by atoms with Gasteiger partial charge < -0.3 is 10.5 Å². The number of aldehydes is 1. The van der Waals surface area contributed by atoms with Crippen molar-refractivity contribution >= 4 is 23.8 Å². The van der Waals surface area contributed by atoms with Gasteiger partial charge in [0.1, 0.15) is 12.1 Å². The highest BCUT2D eigenvalue weighted by molar-refractivity contribution is 6.15. The molecule has 110 valence electrons. The Morgan fingerprint density at radius 2 is 2.10 bits per heavy atom. The SMILES string of the molecule is NC(=O)C(CCC=O)C1CC(=O)c2ccc(F)cc2C1=O. The molecule has 2 unspecified atom stereocenters. The van der Waals surface area contributed by atoms with E-state index in [0.717, 1.165) is 12.1 Å². The number of Topliss-reactive ketones (excluding diaryl/α,β-unsaturated/α-hetero) is 2. The van der Waals surface area contributed by atoms with Gasteiger partial charge in [-0.05, 0) is 24.6 Å². The lowest BCUT2D eigenvalue weighted by Gasteiger charge is -2.27. The first-order valence-corrected chi connectivity index (χ1v) is 6.55. The second-order valence-corrected chi connectivity index (χ2v) is 5.04. The molecule has 0 saturated carbocycles. The van der Waals surface area contributed by atoms with Gasteiger partial charge in [0.2, 0.25) is 5.91 Å². The fourth-order valence-corrected chi connectivity index (χ4v) is 2.68. The molecule has 5 nitrogen and oxygen atoms in total. The molecule has 1 aromatic rings. The maximum atomic E-state index is 13.3. The van der Waals surface area contributed by atoms with Crippen molar-refractivity contribution in [1.82, 2.24) is 0 Å². The van der Waals surface area contributed by atoms with Crippen molar-refractivity contribution in [3.05, 3.63) is 35.1 Å². The van der Waals surface area contributed by atoms with Crippen LogP contribution in [0, 0.1) is 17.7 Å². The van der Waals surface area contributed by atoms with E-state index in [0.29, 0.717) is 6.29 Å². The van der Waals surface area contributed by atoms with E-state index in [2.05, 4.69) is 0 Å². The Labute approximate surface area is 120 Å². The van der Waals surface area contributed by atoms with Crippen LogP contribution in [0.5, 0.6) is 0 Å². The van der Waals surface area contributed by atoms with Gasteiger partial charge in [0.05, 0.1) is 0 Å². The molecule has 0 heterocycles. The van der Waals surface area contributed by atoms with Gasteiger partial charge in [0.15, 0.2) is 11.6 Å². The zero-order valence-corrected chi connectivity index (χ0v) is 11.2. The molecule has 1 amide bonds. The minimum Gasteiger partial charge on any atom is -0.369 e. The van der Waals surface area contributed by atoms with Crippen LogP contribution in [-0.4, -0.2) is 23.8 Å². The second-order valence-electron chi connectivity index (χ2n) is 5.04. The molecule has 6 heteroatoms. The highest BCUT2D eigenvalue weighted by atomic mass is 19.1. The number of carbonyl (C=O) groups excluding carboxylic acids is 4. The van der Waals surface area contributed by atoms with Gasteiger partial charge in [-0.25, -0.2) is 4.39 Å². The van der Waals surface area contributed by atoms with Crippen molar-refractivity contribution in [2.75, 3.05) is 0 Å². The van der Waals surface area contributed by atoms with Crippen molar-refractivity contribution in [1.29, 1.82) is 0 Å². The smallest absolute Gasteiger partial charge is 0.221 e. The lowest BCUT2D eigenvalue weighted by molar-refractivity contribution is -0.123. The summed E-state index contributed by atoms with van der Waals surface area (Å²) in [5.41, 5.74) is 5.42. The average Bonchev–Trinajstić information content (AvgIpc) is 2.43. The van der Waals surface area contributed by atoms with E-state index in [1.54, 1.807) is 0 Å². The number of carbonyl (C=O) groups is 4. The van der Waals surface area contributed by atoms with Gasteiger partial charge in [-0.3, -0.25) is 14.4 Å². The van der Waals surface area contributed by atoms with E-state index in [1.165, 1.54) is 6.07 Å². The Bertz CT molecular complexity index is 626. The maximum absolute atomic E-state index is 13.3. The van der Waals surface area contributed by atoms with Crippen LogP contribution < -0.4 is 5.73 Å². The molecular weight excluding hydrogens is 277 g/mol. The molecule has 2 N–H and O–H groups in total. The molecule has 0 fully saturated rings. The summed E-state index contributed by atoms with van der Waals surface area (Å²) in [6, 6.07) is 3.38. The lowest BCUT2D eigenvalue weighted by atomic mass is 9.74. The minimum absolute atomic E-state index is 0.0198. The number of halogens is 1. The van der Waals surface area contributed by atoms with Crippen LogP contribution >= 0.6 is 0 Å². The Morgan fingerprint density at radius 3 is 2.71 bits per heavy atom. The lowest BCUT2D eigenvalue weighted by Crippen LogP contribution is -2.39. The van der Waals surface area contributed by atoms with Crippen LogP contribution in [0.15, 0.2) is 18.2 Å². The standard InChI is InChI=1S/C15H14FNO4/c16-8-3-4-9-11(6-8)14(20)12(7-13(9)19)10(15(17)21)2-1-5-18/h3-6,10,12H,1-2,7H2,(H2,17,21). The van der Waals surface area contributed by atoms with Crippen LogP contribution in [0.2, 0.25) is 0 Å². The molecule has 2 rings (SSSR count). The summed E-state index contributed by atoms with van der Waals surface area (Å²) in [6.45, 7) is 0. The van der Waals surface area contributed by atoms with E-state index in [-0.39, 0.29) is 36.2 Å². The molecule has 1 aliphatic rings. The van der Waals surface area contributed by atoms with Crippen molar-refractivity contribution in [2.24, 2.45) is 17.6 Å². The summed E-state index contributed by atoms with van der Waals surface area (Å²) < 4.78 is 13.3. The molecule has 0 spiro atoms. The fourth-order valence-electron chi connectivity index (χ4n) is 2.68. The first kappa shape index (κ1) is 15.0. The predicted molar refractivity (Wildman–Crippen MR) is 71.2 cm³/mol. The topological polar surface area (TPSA) is 94.3 Å². The van der Waals surface area contributed by atoms with Gasteiger partial charge in [-0.15, -0.1) is 0 Å². The minimum atomic E-state index is -0.927. The van der Waals surface area contributed by atoms with E-state index in [1.807, 2.05) is 0 Å². The van der Waals surface area contributed by atoms with Crippen LogP contribution in [0.1, 0.15) is 40.0 Å². The summed E-state index contributed by atoms with van der Waals surface area (Å²) >= 11 is 0. The van der Waals surface area contributed by atoms with E-state index >= 15 is 0 Å². The molecule has 0 aromatic heterocycles. The summed E-state index contributed by atoms with van der Waals surface area (Å²) in [5.74, 6) is -3.99. The molecule has 21 heavy (non-hydrogen) atoms. The summed E-state index contributed by atoms with van der Waals surface area (Å²) in [6.07, 6.45) is 0.650. The molecule has 0 aliphatic heterocycles. The van der Waals surface area contributed by atoms with Crippen molar-refractivity contribution in [2.45, 2.75) is 19.3 Å². The number of rotatable bonds is 5. The van der Waals surface area contributed by atoms with E-state index < -0.39 is 29.3 Å². The third-order valence-electron chi connectivity index (χ3n) is 3.74. The number of hydrogen-bond donors (Lipinski definition) is 1. The molecule has 0 radical (unpaired) electrons. The average molecular weight is 291 g/mol. The number of nitrogens with two attached hydrogens (primary N) is 1. The molecular formula is C15H14FNO4. The summed E-state index contributed by atoms with van der Waals surface area (Å²) in [7, 11) is 0. The molecule has 1 aliphatic carbocycles. The second kappa shape index (κ2) is 5.95. The van der Waals surface area contributed by atoms with E-state index in [9.17, 15) is 23.6 Å². The van der Waals surface area contributed by atoms with Crippen LogP contribution in [0.25, 0.3) is 0 Å². The fraction of sp³-hybridized carbons (Fsp3) is 0.333. The van der Waals surface area contributed by atoms with Gasteiger partial charge in [0.25, 0.3) is 0 Å². The maximum Gasteiger partial charge on any atom is 0.221 e. The Balaban J connectivity index is 2.39. The molecule has 1 aromatic carbocycles. The van der Waals surface area contributed by atoms with Gasteiger partial charge in [0, 0.05) is 35.8 Å². The third kappa shape index (κ3) is 2.89. The molecule has 0 bridgehead atoms. The zero-order chi connectivity index (χ0) is 15.6. The van der Waals surface area contributed by atoms with Crippen LogP contribution in [-0.2, 0) is 9.59 Å². The third-order valence-corrected chi connectivity index (χ3v) is 3.74. The Morgan fingerprint density at radius 1 is 1.38 bits per heavy atom. The largest absolute Gasteiger partial charge is 0.369 e. The monoisotopic (exact) mass is 291 g/mol. The van der Waals surface area contributed by atoms with Gasteiger partial charge >= 0.3 is 0 Å². The normalized spacial score (nSPS) is 19.0. The molecule has 2 atom stereocenters. The van der Waals surface area contributed by atoms with Crippen molar-refractivity contribution < 1.29 is 23.6 Å². The van der Waals surface area contributed by atoms with Gasteiger partial charge in [-0.1, -0.05) is 0 Å². The number of hydrogen-bond acceptors (Lipinski definition) is 4. The van der Waals surface area contributed by atoms with Crippen molar-refractivity contribution in [3.63, 3.8) is 0 Å². The number of fused-ring (bicyclic) bond motifs is 1. The Kier molecular flexibility index (Phi) is 4.26. The quantitative estimate of drug-likeness (QED) is 0.827.